The molecule has 0 aliphatic heterocycles. The molecule has 0 radical (unpaired) electrons. The average molecular weight is 435 g/mol. The van der Waals surface area contributed by atoms with E-state index in [1.165, 1.54) is 6.92 Å². The fraction of sp³-hybridized carbons (Fsp3) is 0.217. The molecule has 158 valence electrons. The van der Waals surface area contributed by atoms with Crippen LogP contribution in [0.25, 0.3) is 21.5 Å². The fourth-order valence-electron chi connectivity index (χ4n) is 3.22. The normalized spacial score (nSPS) is 13.0. The predicted octanol–water partition coefficient (Wildman–Crippen LogP) is 5.09. The number of aliphatic carboxylic acids is 1. The van der Waals surface area contributed by atoms with Gasteiger partial charge in [-0.1, -0.05) is 18.2 Å². The van der Waals surface area contributed by atoms with Crippen LogP contribution < -0.4 is 10.1 Å². The number of carbonyl (C=O) groups is 1. The lowest BCUT2D eigenvalue weighted by atomic mass is 10.1. The lowest BCUT2D eigenvalue weighted by Gasteiger charge is -2.18. The summed E-state index contributed by atoms with van der Waals surface area (Å²) in [5.74, 6) is 0.893. The number of benzene rings is 2. The molecule has 0 aliphatic carbocycles. The first-order valence-electron chi connectivity index (χ1n) is 9.84. The maximum absolute atomic E-state index is 11.0. The highest BCUT2D eigenvalue weighted by Gasteiger charge is 2.14. The molecule has 2 heterocycles. The smallest absolute Gasteiger partial charge is 0.344 e. The van der Waals surface area contributed by atoms with E-state index in [2.05, 4.69) is 26.3 Å². The van der Waals surface area contributed by atoms with Crippen molar-refractivity contribution < 1.29 is 14.6 Å². The quantitative estimate of drug-likeness (QED) is 0.418. The third-order valence-corrected chi connectivity index (χ3v) is 5.64. The highest BCUT2D eigenvalue weighted by atomic mass is 32.1. The first-order valence-corrected chi connectivity index (χ1v) is 10.7. The van der Waals surface area contributed by atoms with Crippen LogP contribution in [0.15, 0.2) is 54.0 Å². The van der Waals surface area contributed by atoms with Crippen LogP contribution in [0.4, 0.5) is 5.82 Å². The number of fused-ring (bicyclic) bond motifs is 1. The minimum absolute atomic E-state index is 0.0742. The van der Waals surface area contributed by atoms with Gasteiger partial charge in [0.25, 0.3) is 0 Å². The Morgan fingerprint density at radius 2 is 1.97 bits per heavy atom. The highest BCUT2D eigenvalue weighted by Crippen LogP contribution is 2.28. The molecule has 2 aromatic carbocycles. The first-order chi connectivity index (χ1) is 14.9. The van der Waals surface area contributed by atoms with Gasteiger partial charge in [-0.2, -0.15) is 0 Å². The standard InChI is InChI=1S/C23H22N4O3S/c1-13(16-5-4-6-18(9-16)30-14(2)23(28)29)25-22-11-20(26-15(3)27-22)17-7-8-19-21(10-17)31-12-24-19/h4-14H,1-3H3,(H,28,29)(H,25,26,27). The predicted molar refractivity (Wildman–Crippen MR) is 122 cm³/mol. The summed E-state index contributed by atoms with van der Waals surface area (Å²) < 4.78 is 6.60. The third kappa shape index (κ3) is 4.80. The van der Waals surface area contributed by atoms with Crippen LogP contribution in [0.5, 0.6) is 5.75 Å². The second-order valence-electron chi connectivity index (χ2n) is 7.26. The number of anilines is 1. The van der Waals surface area contributed by atoms with Gasteiger partial charge >= 0.3 is 5.97 Å². The Kier molecular flexibility index (Phi) is 5.81. The summed E-state index contributed by atoms with van der Waals surface area (Å²) in [6.07, 6.45) is -0.915. The van der Waals surface area contributed by atoms with E-state index in [0.717, 1.165) is 27.0 Å². The van der Waals surface area contributed by atoms with Crippen LogP contribution in [0.3, 0.4) is 0 Å². The molecule has 0 bridgehead atoms. The van der Waals surface area contributed by atoms with Crippen molar-refractivity contribution >= 4 is 33.3 Å². The van der Waals surface area contributed by atoms with Crippen LogP contribution in [0.2, 0.25) is 0 Å². The number of ether oxygens (including phenoxy) is 1. The number of hydrogen-bond acceptors (Lipinski definition) is 7. The molecule has 2 unspecified atom stereocenters. The summed E-state index contributed by atoms with van der Waals surface area (Å²) in [5, 5.41) is 12.5. The molecule has 4 rings (SSSR count). The largest absolute Gasteiger partial charge is 0.479 e. The van der Waals surface area contributed by atoms with E-state index >= 15 is 0 Å². The van der Waals surface area contributed by atoms with Crippen molar-refractivity contribution in [3.63, 3.8) is 0 Å². The Morgan fingerprint density at radius 3 is 2.77 bits per heavy atom. The topological polar surface area (TPSA) is 97.2 Å². The molecule has 0 amide bonds. The monoisotopic (exact) mass is 434 g/mol. The van der Waals surface area contributed by atoms with Crippen molar-refractivity contribution in [1.29, 1.82) is 0 Å². The molecule has 0 spiro atoms. The molecular weight excluding hydrogens is 412 g/mol. The van der Waals surface area contributed by atoms with Gasteiger partial charge in [0.2, 0.25) is 0 Å². The van der Waals surface area contributed by atoms with Crippen molar-refractivity contribution in [2.75, 3.05) is 5.32 Å². The summed E-state index contributed by atoms with van der Waals surface area (Å²) in [7, 11) is 0. The molecule has 4 aromatic rings. The van der Waals surface area contributed by atoms with Gasteiger partial charge < -0.3 is 15.2 Å². The summed E-state index contributed by atoms with van der Waals surface area (Å²) in [5.41, 5.74) is 5.62. The van der Waals surface area contributed by atoms with E-state index < -0.39 is 12.1 Å². The van der Waals surface area contributed by atoms with Gasteiger partial charge in [-0.15, -0.1) is 11.3 Å². The zero-order valence-electron chi connectivity index (χ0n) is 17.4. The molecule has 31 heavy (non-hydrogen) atoms. The van der Waals surface area contributed by atoms with Crippen molar-refractivity contribution in [3.8, 4) is 17.0 Å². The Hall–Kier alpha value is -3.52. The second kappa shape index (κ2) is 8.69. The Morgan fingerprint density at radius 1 is 1.13 bits per heavy atom. The van der Waals surface area contributed by atoms with Crippen LogP contribution in [0, 0.1) is 6.92 Å². The van der Waals surface area contributed by atoms with Crippen molar-refractivity contribution in [1.82, 2.24) is 15.0 Å². The zero-order chi connectivity index (χ0) is 22.0. The van der Waals surface area contributed by atoms with Crippen LogP contribution >= 0.6 is 11.3 Å². The molecule has 2 N–H and O–H groups in total. The van der Waals surface area contributed by atoms with Crippen LogP contribution in [0.1, 0.15) is 31.3 Å². The summed E-state index contributed by atoms with van der Waals surface area (Å²) in [6.45, 7) is 5.39. The molecule has 2 atom stereocenters. The number of carboxylic acids is 1. The van der Waals surface area contributed by atoms with Crippen LogP contribution in [-0.2, 0) is 4.79 Å². The van der Waals surface area contributed by atoms with Gasteiger partial charge in [-0.05, 0) is 50.6 Å². The van der Waals surface area contributed by atoms with Crippen LogP contribution in [-0.4, -0.2) is 32.1 Å². The van der Waals surface area contributed by atoms with E-state index in [1.54, 1.807) is 17.4 Å². The first kappa shape index (κ1) is 20.7. The van der Waals surface area contributed by atoms with Gasteiger partial charge in [0.15, 0.2) is 6.10 Å². The number of aromatic nitrogens is 3. The fourth-order valence-corrected chi connectivity index (χ4v) is 3.94. The maximum Gasteiger partial charge on any atom is 0.344 e. The molecule has 8 heteroatoms. The molecule has 0 fully saturated rings. The highest BCUT2D eigenvalue weighted by molar-refractivity contribution is 7.16. The Labute approximate surface area is 183 Å². The van der Waals surface area contributed by atoms with E-state index in [-0.39, 0.29) is 6.04 Å². The molecule has 0 saturated carbocycles. The SMILES string of the molecule is Cc1nc(NC(C)c2cccc(OC(C)C(=O)O)c2)cc(-c2ccc3ncsc3c2)n1. The van der Waals surface area contributed by atoms with Crippen molar-refractivity contribution in [2.24, 2.45) is 0 Å². The second-order valence-corrected chi connectivity index (χ2v) is 8.14. The minimum atomic E-state index is -1.00. The molecule has 0 aliphatic rings. The van der Waals surface area contributed by atoms with Gasteiger partial charge in [0.1, 0.15) is 17.4 Å². The third-order valence-electron chi connectivity index (χ3n) is 4.85. The van der Waals surface area contributed by atoms with Gasteiger partial charge in [0.05, 0.1) is 27.5 Å². The summed E-state index contributed by atoms with van der Waals surface area (Å²) in [6, 6.07) is 15.3. The number of nitrogens with zero attached hydrogens (tertiary/aromatic N) is 3. The number of hydrogen-bond donors (Lipinski definition) is 2. The molecular formula is C23H22N4O3S. The molecule has 2 aromatic heterocycles. The summed E-state index contributed by atoms with van der Waals surface area (Å²) >= 11 is 1.60. The Bertz CT molecular complexity index is 1240. The summed E-state index contributed by atoms with van der Waals surface area (Å²) in [4.78, 5) is 24.5. The van der Waals surface area contributed by atoms with Gasteiger partial charge in [-0.3, -0.25) is 0 Å². The van der Waals surface area contributed by atoms with Crippen molar-refractivity contribution in [2.45, 2.75) is 32.9 Å². The number of nitrogens with one attached hydrogen (secondary N) is 1. The van der Waals surface area contributed by atoms with Crippen molar-refractivity contribution in [3.05, 3.63) is 65.4 Å². The van der Waals surface area contributed by atoms with Gasteiger partial charge in [-0.25, -0.2) is 19.7 Å². The van der Waals surface area contributed by atoms with E-state index in [9.17, 15) is 4.79 Å². The lowest BCUT2D eigenvalue weighted by Crippen LogP contribution is -2.23. The minimum Gasteiger partial charge on any atom is -0.479 e. The number of thiazole rings is 1. The molecule has 7 nitrogen and oxygen atoms in total. The average Bonchev–Trinajstić information content (AvgIpc) is 3.21. The number of aryl methyl sites for hydroxylation is 1. The zero-order valence-corrected chi connectivity index (χ0v) is 18.2. The van der Waals surface area contributed by atoms with E-state index in [1.807, 2.05) is 55.8 Å². The van der Waals surface area contributed by atoms with E-state index in [0.29, 0.717) is 17.4 Å². The number of rotatable bonds is 7. The Balaban J connectivity index is 1.56. The van der Waals surface area contributed by atoms with E-state index in [4.69, 9.17) is 9.84 Å². The maximum atomic E-state index is 11.0. The van der Waals surface area contributed by atoms with Gasteiger partial charge in [0, 0.05) is 11.6 Å². The lowest BCUT2D eigenvalue weighted by molar-refractivity contribution is -0.144. The molecule has 0 saturated heterocycles. The number of carboxylic acid groups (broad SMARTS) is 1.